The molecule has 0 unspecified atom stereocenters. The minimum Gasteiger partial charge on any atom is -0.496 e. The summed E-state index contributed by atoms with van der Waals surface area (Å²) in [6.07, 6.45) is 3.99. The number of nitrogens with zero attached hydrogens (tertiary/aromatic N) is 2. The van der Waals surface area contributed by atoms with E-state index >= 15 is 0 Å². The molecular weight excluding hydrogens is 266 g/mol. The Morgan fingerprint density at radius 3 is 3.14 bits per heavy atom. The van der Waals surface area contributed by atoms with Gasteiger partial charge in [-0.3, -0.25) is 9.89 Å². The first-order valence-electron chi connectivity index (χ1n) is 7.15. The minimum atomic E-state index is 0.0845. The van der Waals surface area contributed by atoms with Crippen molar-refractivity contribution in [2.24, 2.45) is 0 Å². The molecule has 1 N–H and O–H groups in total. The quantitative estimate of drug-likeness (QED) is 0.941. The van der Waals surface area contributed by atoms with Gasteiger partial charge in [0.2, 0.25) is 5.91 Å². The van der Waals surface area contributed by atoms with E-state index < -0.39 is 0 Å². The summed E-state index contributed by atoms with van der Waals surface area (Å²) in [6, 6.07) is 5.91. The van der Waals surface area contributed by atoms with Crippen molar-refractivity contribution in [2.45, 2.75) is 26.2 Å². The highest BCUT2D eigenvalue weighted by Crippen LogP contribution is 2.27. The molecule has 0 spiro atoms. The van der Waals surface area contributed by atoms with Gasteiger partial charge in [-0.15, -0.1) is 0 Å². The lowest BCUT2D eigenvalue weighted by atomic mass is 10.0. The maximum absolute atomic E-state index is 12.6. The monoisotopic (exact) mass is 285 g/mol. The molecule has 0 radical (unpaired) electrons. The van der Waals surface area contributed by atoms with Gasteiger partial charge in [0.15, 0.2) is 0 Å². The van der Waals surface area contributed by atoms with E-state index in [1.54, 1.807) is 13.3 Å². The van der Waals surface area contributed by atoms with Crippen LogP contribution in [0.25, 0.3) is 0 Å². The number of anilines is 1. The Labute approximate surface area is 123 Å². The summed E-state index contributed by atoms with van der Waals surface area (Å²) in [6.45, 7) is 2.77. The average molecular weight is 285 g/mol. The maximum Gasteiger partial charge on any atom is 0.231 e. The highest BCUT2D eigenvalue weighted by atomic mass is 16.5. The first-order chi connectivity index (χ1) is 10.2. The number of benzene rings is 1. The molecule has 1 aromatic carbocycles. The van der Waals surface area contributed by atoms with Crippen molar-refractivity contribution >= 4 is 11.6 Å². The second-order valence-corrected chi connectivity index (χ2v) is 5.37. The van der Waals surface area contributed by atoms with Crippen LogP contribution in [0.2, 0.25) is 0 Å². The third kappa shape index (κ3) is 2.63. The van der Waals surface area contributed by atoms with Gasteiger partial charge in [-0.1, -0.05) is 17.7 Å². The van der Waals surface area contributed by atoms with E-state index in [0.717, 1.165) is 47.6 Å². The fourth-order valence-electron chi connectivity index (χ4n) is 2.82. The number of carbonyl (C=O) groups excluding carboxylic acids is 1. The van der Waals surface area contributed by atoms with E-state index in [4.69, 9.17) is 4.74 Å². The molecule has 0 saturated carbocycles. The Bertz CT molecular complexity index is 663. The van der Waals surface area contributed by atoms with Crippen LogP contribution in [0.15, 0.2) is 24.4 Å². The summed E-state index contributed by atoms with van der Waals surface area (Å²) in [5.74, 6) is 0.847. The van der Waals surface area contributed by atoms with Gasteiger partial charge in [-0.05, 0) is 25.8 Å². The zero-order valence-corrected chi connectivity index (χ0v) is 12.3. The van der Waals surface area contributed by atoms with Gasteiger partial charge < -0.3 is 9.64 Å². The number of ether oxygens (including phenoxy) is 1. The highest BCUT2D eigenvalue weighted by molar-refractivity contribution is 5.95. The third-order valence-corrected chi connectivity index (χ3v) is 3.87. The maximum atomic E-state index is 12.6. The van der Waals surface area contributed by atoms with Crippen LogP contribution in [0.1, 0.15) is 23.2 Å². The number of carbonyl (C=O) groups is 1. The van der Waals surface area contributed by atoms with Crippen molar-refractivity contribution < 1.29 is 9.53 Å². The van der Waals surface area contributed by atoms with Gasteiger partial charge in [0.05, 0.1) is 31.1 Å². The molecule has 2 aromatic rings. The van der Waals surface area contributed by atoms with E-state index in [0.29, 0.717) is 6.42 Å². The first kappa shape index (κ1) is 13.7. The molecule has 5 heteroatoms. The van der Waals surface area contributed by atoms with Crippen LogP contribution >= 0.6 is 0 Å². The van der Waals surface area contributed by atoms with E-state index in [1.807, 2.05) is 30.0 Å². The van der Waals surface area contributed by atoms with Gasteiger partial charge in [-0.25, -0.2) is 0 Å². The number of hydrogen-bond donors (Lipinski definition) is 1. The number of methoxy groups -OCH3 is 1. The number of rotatable bonds is 3. The number of amides is 1. The van der Waals surface area contributed by atoms with Crippen molar-refractivity contribution in [1.82, 2.24) is 10.2 Å². The van der Waals surface area contributed by atoms with E-state index in [-0.39, 0.29) is 5.91 Å². The fourth-order valence-corrected chi connectivity index (χ4v) is 2.82. The molecular formula is C16H19N3O2. The molecule has 0 atom stereocenters. The normalized spacial score (nSPS) is 13.9. The second-order valence-electron chi connectivity index (χ2n) is 5.37. The Balaban J connectivity index is 1.84. The van der Waals surface area contributed by atoms with Gasteiger partial charge >= 0.3 is 0 Å². The topological polar surface area (TPSA) is 58.2 Å². The number of aromatic amines is 1. The smallest absolute Gasteiger partial charge is 0.231 e. The fraction of sp³-hybridized carbons (Fsp3) is 0.375. The van der Waals surface area contributed by atoms with Gasteiger partial charge in [0.25, 0.3) is 0 Å². The van der Waals surface area contributed by atoms with Crippen LogP contribution < -0.4 is 9.64 Å². The molecule has 0 bridgehead atoms. The van der Waals surface area contributed by atoms with Crippen molar-refractivity contribution in [3.05, 3.63) is 41.2 Å². The molecule has 0 saturated heterocycles. The highest BCUT2D eigenvalue weighted by Gasteiger charge is 2.24. The number of nitrogens with one attached hydrogen (secondary N) is 1. The van der Waals surface area contributed by atoms with Crippen LogP contribution in [0.5, 0.6) is 5.75 Å². The lowest BCUT2D eigenvalue weighted by Crippen LogP contribution is -2.36. The molecule has 3 rings (SSSR count). The largest absolute Gasteiger partial charge is 0.496 e. The molecule has 1 aliphatic rings. The van der Waals surface area contributed by atoms with Crippen LogP contribution in [0, 0.1) is 6.92 Å². The Hall–Kier alpha value is -2.30. The van der Waals surface area contributed by atoms with Crippen LogP contribution in [-0.2, 0) is 17.6 Å². The molecule has 1 aliphatic heterocycles. The molecule has 0 aliphatic carbocycles. The standard InChI is InChI=1S/C16H19N3O2/c1-11-5-6-15(21-2)12(8-11)9-16(20)19-7-3-4-13-14(19)10-17-18-13/h5-6,8,10H,3-4,7,9H2,1-2H3,(H,17,18). The van der Waals surface area contributed by atoms with Gasteiger partial charge in [0, 0.05) is 12.1 Å². The SMILES string of the molecule is COc1ccc(C)cc1CC(=O)N1CCCc2[nH]ncc21. The molecule has 1 aromatic heterocycles. The zero-order valence-electron chi connectivity index (χ0n) is 12.3. The summed E-state index contributed by atoms with van der Waals surface area (Å²) in [4.78, 5) is 14.5. The first-order valence-corrected chi connectivity index (χ1v) is 7.15. The lowest BCUT2D eigenvalue weighted by molar-refractivity contribution is -0.118. The number of aryl methyl sites for hydroxylation is 2. The molecule has 5 nitrogen and oxygen atoms in total. The average Bonchev–Trinajstić information content (AvgIpc) is 2.95. The molecule has 110 valence electrons. The summed E-state index contributed by atoms with van der Waals surface area (Å²) in [5.41, 5.74) is 4.02. The van der Waals surface area contributed by atoms with Crippen molar-refractivity contribution in [3.63, 3.8) is 0 Å². The van der Waals surface area contributed by atoms with Crippen LogP contribution in [-0.4, -0.2) is 29.8 Å². The summed E-state index contributed by atoms with van der Waals surface area (Å²) >= 11 is 0. The van der Waals surface area contributed by atoms with Gasteiger partial charge in [0.1, 0.15) is 5.75 Å². The van der Waals surface area contributed by atoms with Crippen molar-refractivity contribution in [3.8, 4) is 5.75 Å². The number of hydrogen-bond acceptors (Lipinski definition) is 3. The molecule has 0 fully saturated rings. The molecule has 21 heavy (non-hydrogen) atoms. The van der Waals surface area contributed by atoms with Gasteiger partial charge in [-0.2, -0.15) is 5.10 Å². The Morgan fingerprint density at radius 1 is 1.48 bits per heavy atom. The molecule has 1 amide bonds. The Morgan fingerprint density at radius 2 is 2.33 bits per heavy atom. The second kappa shape index (κ2) is 5.60. The summed E-state index contributed by atoms with van der Waals surface area (Å²) in [7, 11) is 1.63. The number of aromatic nitrogens is 2. The number of H-pyrrole nitrogens is 1. The van der Waals surface area contributed by atoms with E-state index in [2.05, 4.69) is 10.2 Å². The molecule has 2 heterocycles. The third-order valence-electron chi connectivity index (χ3n) is 3.87. The van der Waals surface area contributed by atoms with E-state index in [9.17, 15) is 4.79 Å². The summed E-state index contributed by atoms with van der Waals surface area (Å²) < 4.78 is 5.35. The predicted octanol–water partition coefficient (Wildman–Crippen LogP) is 2.25. The Kier molecular flexibility index (Phi) is 3.64. The van der Waals surface area contributed by atoms with Crippen LogP contribution in [0.4, 0.5) is 5.69 Å². The van der Waals surface area contributed by atoms with Crippen molar-refractivity contribution in [1.29, 1.82) is 0 Å². The predicted molar refractivity (Wildman–Crippen MR) is 80.7 cm³/mol. The van der Waals surface area contributed by atoms with Crippen LogP contribution in [0.3, 0.4) is 0 Å². The zero-order chi connectivity index (χ0) is 14.8. The van der Waals surface area contributed by atoms with E-state index in [1.165, 1.54) is 0 Å². The van der Waals surface area contributed by atoms with Crippen molar-refractivity contribution in [2.75, 3.05) is 18.6 Å². The minimum absolute atomic E-state index is 0.0845. The lowest BCUT2D eigenvalue weighted by Gasteiger charge is -2.26. The number of fused-ring (bicyclic) bond motifs is 1. The summed E-state index contributed by atoms with van der Waals surface area (Å²) in [5, 5.41) is 7.02.